The first-order valence-electron chi connectivity index (χ1n) is 9.46. The molecule has 1 fully saturated rings. The number of piperidine rings is 1. The third kappa shape index (κ3) is 5.48. The third-order valence-electron chi connectivity index (χ3n) is 5.18. The summed E-state index contributed by atoms with van der Waals surface area (Å²) in [5.41, 5.74) is 7.67. The first kappa shape index (κ1) is 19.3. The molecule has 0 unspecified atom stereocenters. The van der Waals surface area contributed by atoms with E-state index in [9.17, 15) is 9.59 Å². The van der Waals surface area contributed by atoms with E-state index in [2.05, 4.69) is 19.2 Å². The smallest absolute Gasteiger partial charge is 0.225 e. The zero-order valence-electron chi connectivity index (χ0n) is 15.5. The highest BCUT2D eigenvalue weighted by atomic mass is 16.2. The van der Waals surface area contributed by atoms with Gasteiger partial charge in [0.1, 0.15) is 0 Å². The summed E-state index contributed by atoms with van der Waals surface area (Å²) in [4.78, 5) is 26.6. The number of nitrogens with zero attached hydrogens (tertiary/aromatic N) is 1. The largest absolute Gasteiger partial charge is 0.399 e. The Hall–Kier alpha value is -2.04. The minimum atomic E-state index is 0.0630. The van der Waals surface area contributed by atoms with E-state index in [1.807, 2.05) is 29.2 Å². The van der Waals surface area contributed by atoms with Crippen LogP contribution in [-0.4, -0.2) is 35.8 Å². The van der Waals surface area contributed by atoms with E-state index in [1.165, 1.54) is 0 Å². The van der Waals surface area contributed by atoms with Crippen molar-refractivity contribution in [2.24, 2.45) is 5.92 Å². The fourth-order valence-corrected chi connectivity index (χ4v) is 3.45. The monoisotopic (exact) mass is 345 g/mol. The average molecular weight is 345 g/mol. The predicted molar refractivity (Wildman–Crippen MR) is 101 cm³/mol. The van der Waals surface area contributed by atoms with Gasteiger partial charge in [0.25, 0.3) is 0 Å². The van der Waals surface area contributed by atoms with Crippen LogP contribution in [0.1, 0.15) is 51.5 Å². The molecule has 0 atom stereocenters. The van der Waals surface area contributed by atoms with Gasteiger partial charge in [0.05, 0.1) is 0 Å². The van der Waals surface area contributed by atoms with Crippen molar-refractivity contribution in [2.75, 3.05) is 18.8 Å². The molecule has 1 aliphatic rings. The minimum Gasteiger partial charge on any atom is -0.399 e. The van der Waals surface area contributed by atoms with Crippen LogP contribution >= 0.6 is 0 Å². The highest BCUT2D eigenvalue weighted by Crippen LogP contribution is 2.18. The normalized spacial score (nSPS) is 15.4. The first-order chi connectivity index (χ1) is 12.0. The zero-order valence-corrected chi connectivity index (χ0v) is 15.5. The number of carbonyl (C=O) groups excluding carboxylic acids is 2. The lowest BCUT2D eigenvalue weighted by Gasteiger charge is -2.34. The number of nitrogens with one attached hydrogen (secondary N) is 1. The number of anilines is 1. The molecule has 0 bridgehead atoms. The van der Waals surface area contributed by atoms with Crippen LogP contribution in [-0.2, 0) is 16.0 Å². The number of para-hydroxylation sites is 1. The first-order valence-corrected chi connectivity index (χ1v) is 9.46. The Balaban J connectivity index is 1.73. The highest BCUT2D eigenvalue weighted by molar-refractivity contribution is 5.79. The lowest BCUT2D eigenvalue weighted by molar-refractivity contribution is -0.137. The summed E-state index contributed by atoms with van der Waals surface area (Å²) in [7, 11) is 0. The van der Waals surface area contributed by atoms with Crippen molar-refractivity contribution >= 4 is 17.5 Å². The average Bonchev–Trinajstić information content (AvgIpc) is 2.62. The Morgan fingerprint density at radius 2 is 1.84 bits per heavy atom. The van der Waals surface area contributed by atoms with Gasteiger partial charge in [-0.3, -0.25) is 9.59 Å². The van der Waals surface area contributed by atoms with Gasteiger partial charge in [-0.25, -0.2) is 0 Å². The van der Waals surface area contributed by atoms with Gasteiger partial charge in [-0.15, -0.1) is 0 Å². The molecule has 0 spiro atoms. The summed E-state index contributed by atoms with van der Waals surface area (Å²) in [5, 5.41) is 3.11. The summed E-state index contributed by atoms with van der Waals surface area (Å²) in [6.07, 6.45) is 4.57. The number of benzene rings is 1. The van der Waals surface area contributed by atoms with E-state index >= 15 is 0 Å². The minimum absolute atomic E-state index is 0.0630. The number of aryl methyl sites for hydroxylation is 1. The van der Waals surface area contributed by atoms with Gasteiger partial charge in [-0.2, -0.15) is 0 Å². The fraction of sp³-hybridized carbons (Fsp3) is 0.600. The molecular weight excluding hydrogens is 314 g/mol. The molecule has 138 valence electrons. The van der Waals surface area contributed by atoms with Crippen molar-refractivity contribution in [1.82, 2.24) is 10.2 Å². The Labute approximate surface area is 151 Å². The summed E-state index contributed by atoms with van der Waals surface area (Å²) in [5.74, 6) is 0.477. The second-order valence-electron chi connectivity index (χ2n) is 6.88. The van der Waals surface area contributed by atoms with E-state index < -0.39 is 0 Å². The van der Waals surface area contributed by atoms with E-state index in [4.69, 9.17) is 5.73 Å². The predicted octanol–water partition coefficient (Wildman–Crippen LogP) is 2.74. The Morgan fingerprint density at radius 1 is 1.20 bits per heavy atom. The van der Waals surface area contributed by atoms with E-state index in [-0.39, 0.29) is 23.8 Å². The van der Waals surface area contributed by atoms with Gasteiger partial charge < -0.3 is 16.0 Å². The highest BCUT2D eigenvalue weighted by Gasteiger charge is 2.27. The van der Waals surface area contributed by atoms with E-state index in [0.717, 1.165) is 50.0 Å². The van der Waals surface area contributed by atoms with E-state index in [1.54, 1.807) is 0 Å². The number of carbonyl (C=O) groups is 2. The number of amides is 2. The van der Waals surface area contributed by atoms with Crippen LogP contribution in [0.2, 0.25) is 0 Å². The molecule has 1 aromatic carbocycles. The molecule has 3 N–H and O–H groups in total. The van der Waals surface area contributed by atoms with Gasteiger partial charge in [-0.1, -0.05) is 32.0 Å². The van der Waals surface area contributed by atoms with Crippen molar-refractivity contribution in [3.63, 3.8) is 0 Å². The summed E-state index contributed by atoms with van der Waals surface area (Å²) in [6, 6.07) is 7.84. The molecule has 25 heavy (non-hydrogen) atoms. The lowest BCUT2D eigenvalue weighted by Crippen LogP contribution is -2.48. The van der Waals surface area contributed by atoms with Crippen LogP contribution in [0.15, 0.2) is 24.3 Å². The van der Waals surface area contributed by atoms with Crippen LogP contribution in [0.3, 0.4) is 0 Å². The second kappa shape index (κ2) is 9.44. The molecule has 1 saturated heterocycles. The lowest BCUT2D eigenvalue weighted by atomic mass is 9.98. The molecule has 0 aromatic heterocycles. The van der Waals surface area contributed by atoms with Crippen LogP contribution in [0, 0.1) is 5.92 Å². The van der Waals surface area contributed by atoms with E-state index in [0.29, 0.717) is 12.8 Å². The third-order valence-corrected chi connectivity index (χ3v) is 5.18. The number of nitrogen functional groups attached to an aromatic ring is 1. The molecule has 1 aliphatic heterocycles. The molecule has 1 heterocycles. The molecular formula is C20H31N3O2. The number of hydrogen-bond acceptors (Lipinski definition) is 3. The SMILES string of the molecule is CCC(CC)C(=O)N1CCC(NC(=O)CCc2ccccc2N)CC1. The Morgan fingerprint density at radius 3 is 2.44 bits per heavy atom. The summed E-state index contributed by atoms with van der Waals surface area (Å²) in [6.45, 7) is 5.62. The number of likely N-dealkylation sites (tertiary alicyclic amines) is 1. The maximum absolute atomic E-state index is 12.4. The van der Waals surface area contributed by atoms with Gasteiger partial charge in [0, 0.05) is 37.2 Å². The molecule has 1 aromatic rings. The molecule has 5 nitrogen and oxygen atoms in total. The molecule has 0 saturated carbocycles. The van der Waals surface area contributed by atoms with Crippen molar-refractivity contribution in [2.45, 2.75) is 58.4 Å². The molecule has 0 radical (unpaired) electrons. The molecule has 5 heteroatoms. The number of rotatable bonds is 7. The number of hydrogen-bond donors (Lipinski definition) is 2. The Bertz CT molecular complexity index is 576. The van der Waals surface area contributed by atoms with Crippen molar-refractivity contribution in [1.29, 1.82) is 0 Å². The maximum Gasteiger partial charge on any atom is 0.225 e. The van der Waals surface area contributed by atoms with Crippen molar-refractivity contribution in [3.05, 3.63) is 29.8 Å². The fourth-order valence-electron chi connectivity index (χ4n) is 3.45. The maximum atomic E-state index is 12.4. The molecule has 2 amide bonds. The van der Waals surface area contributed by atoms with Crippen molar-refractivity contribution in [3.8, 4) is 0 Å². The van der Waals surface area contributed by atoms with Crippen LogP contribution in [0.4, 0.5) is 5.69 Å². The zero-order chi connectivity index (χ0) is 18.2. The van der Waals surface area contributed by atoms with Crippen molar-refractivity contribution < 1.29 is 9.59 Å². The summed E-state index contributed by atoms with van der Waals surface area (Å²) >= 11 is 0. The van der Waals surface area contributed by atoms with Gasteiger partial charge in [0.2, 0.25) is 11.8 Å². The Kier molecular flexibility index (Phi) is 7.29. The van der Waals surface area contributed by atoms with Crippen LogP contribution in [0.25, 0.3) is 0 Å². The molecule has 2 rings (SSSR count). The topological polar surface area (TPSA) is 75.4 Å². The van der Waals surface area contributed by atoms with Crippen LogP contribution < -0.4 is 11.1 Å². The van der Waals surface area contributed by atoms with Gasteiger partial charge in [-0.05, 0) is 43.7 Å². The quantitative estimate of drug-likeness (QED) is 0.746. The van der Waals surface area contributed by atoms with Gasteiger partial charge >= 0.3 is 0 Å². The number of nitrogens with two attached hydrogens (primary N) is 1. The van der Waals surface area contributed by atoms with Gasteiger partial charge in [0.15, 0.2) is 0 Å². The standard InChI is InChI=1S/C20H31N3O2/c1-3-15(4-2)20(25)23-13-11-17(12-14-23)22-19(24)10-9-16-7-5-6-8-18(16)21/h5-8,15,17H,3-4,9-14,21H2,1-2H3,(H,22,24). The molecule has 0 aliphatic carbocycles. The van der Waals surface area contributed by atoms with Crippen LogP contribution in [0.5, 0.6) is 0 Å². The second-order valence-corrected chi connectivity index (χ2v) is 6.88. The summed E-state index contributed by atoms with van der Waals surface area (Å²) < 4.78 is 0.